The zero-order chi connectivity index (χ0) is 15.4. The molecule has 21 heavy (non-hydrogen) atoms. The highest BCUT2D eigenvalue weighted by Gasteiger charge is 2.36. The van der Waals surface area contributed by atoms with E-state index in [1.54, 1.807) is 4.90 Å². The standard InChI is InChI=1S/C16H21NO4/c1-3-21-13-6-4-12(5-7-13)8-15(18)17-9-11(2)14(10-17)16(19)20/h4-7,11,14H,3,8-10H2,1-2H3,(H,19,20). The molecule has 1 fully saturated rings. The maximum absolute atomic E-state index is 12.2. The van der Waals surface area contributed by atoms with Crippen LogP contribution in [0.2, 0.25) is 0 Å². The van der Waals surface area contributed by atoms with Gasteiger partial charge in [0.05, 0.1) is 18.9 Å². The van der Waals surface area contributed by atoms with E-state index < -0.39 is 11.9 Å². The van der Waals surface area contributed by atoms with Gasteiger partial charge in [0.1, 0.15) is 5.75 Å². The van der Waals surface area contributed by atoms with Crippen LogP contribution >= 0.6 is 0 Å². The predicted octanol–water partition coefficient (Wildman–Crippen LogP) is 1.81. The molecule has 2 rings (SSSR count). The van der Waals surface area contributed by atoms with Crippen LogP contribution in [-0.2, 0) is 16.0 Å². The lowest BCUT2D eigenvalue weighted by molar-refractivity contribution is -0.142. The smallest absolute Gasteiger partial charge is 0.308 e. The van der Waals surface area contributed by atoms with Gasteiger partial charge in [-0.2, -0.15) is 0 Å². The third-order valence-electron chi connectivity index (χ3n) is 3.87. The minimum atomic E-state index is -0.820. The van der Waals surface area contributed by atoms with Crippen LogP contribution in [0.5, 0.6) is 5.75 Å². The van der Waals surface area contributed by atoms with Crippen molar-refractivity contribution in [3.05, 3.63) is 29.8 Å². The van der Waals surface area contributed by atoms with Crippen molar-refractivity contribution in [1.82, 2.24) is 4.90 Å². The van der Waals surface area contributed by atoms with Crippen LogP contribution in [0.1, 0.15) is 19.4 Å². The summed E-state index contributed by atoms with van der Waals surface area (Å²) in [6.07, 6.45) is 0.297. The SMILES string of the molecule is CCOc1ccc(CC(=O)N2CC(C)C(C(=O)O)C2)cc1. The van der Waals surface area contributed by atoms with Gasteiger partial charge in [-0.25, -0.2) is 0 Å². The van der Waals surface area contributed by atoms with Crippen molar-refractivity contribution >= 4 is 11.9 Å². The van der Waals surface area contributed by atoms with Gasteiger partial charge >= 0.3 is 5.97 Å². The Morgan fingerprint density at radius 1 is 1.29 bits per heavy atom. The minimum Gasteiger partial charge on any atom is -0.494 e. The summed E-state index contributed by atoms with van der Waals surface area (Å²) >= 11 is 0. The van der Waals surface area contributed by atoms with Crippen LogP contribution in [0.3, 0.4) is 0 Å². The van der Waals surface area contributed by atoms with Crippen molar-refractivity contribution in [2.45, 2.75) is 20.3 Å². The molecule has 1 aliphatic heterocycles. The number of ether oxygens (including phenoxy) is 1. The highest BCUT2D eigenvalue weighted by molar-refractivity contribution is 5.81. The Bertz CT molecular complexity index is 512. The molecule has 0 aliphatic carbocycles. The average molecular weight is 291 g/mol. The molecule has 1 N–H and O–H groups in total. The number of likely N-dealkylation sites (tertiary alicyclic amines) is 1. The molecular formula is C16H21NO4. The molecule has 1 amide bonds. The number of nitrogens with zero attached hydrogens (tertiary/aromatic N) is 1. The van der Waals surface area contributed by atoms with E-state index in [1.807, 2.05) is 38.1 Å². The number of carbonyl (C=O) groups is 2. The van der Waals surface area contributed by atoms with Gasteiger partial charge in [-0.3, -0.25) is 9.59 Å². The van der Waals surface area contributed by atoms with E-state index in [2.05, 4.69) is 0 Å². The van der Waals surface area contributed by atoms with Crippen molar-refractivity contribution in [3.63, 3.8) is 0 Å². The summed E-state index contributed by atoms with van der Waals surface area (Å²) in [6.45, 7) is 5.24. The molecule has 5 nitrogen and oxygen atoms in total. The summed E-state index contributed by atoms with van der Waals surface area (Å²) in [6, 6.07) is 7.44. The van der Waals surface area contributed by atoms with Gasteiger partial charge in [0.25, 0.3) is 0 Å². The predicted molar refractivity (Wildman–Crippen MR) is 78.2 cm³/mol. The lowest BCUT2D eigenvalue weighted by atomic mass is 9.99. The summed E-state index contributed by atoms with van der Waals surface area (Å²) in [5, 5.41) is 9.10. The summed E-state index contributed by atoms with van der Waals surface area (Å²) in [5.41, 5.74) is 0.912. The molecule has 2 unspecified atom stereocenters. The molecule has 0 radical (unpaired) electrons. The third kappa shape index (κ3) is 3.74. The quantitative estimate of drug-likeness (QED) is 0.898. The van der Waals surface area contributed by atoms with Gasteiger partial charge in [0.2, 0.25) is 5.91 Å². The zero-order valence-corrected chi connectivity index (χ0v) is 12.4. The monoisotopic (exact) mass is 291 g/mol. The van der Waals surface area contributed by atoms with E-state index in [9.17, 15) is 9.59 Å². The van der Waals surface area contributed by atoms with Gasteiger partial charge in [-0.1, -0.05) is 19.1 Å². The Labute approximate surface area is 124 Å². The summed E-state index contributed by atoms with van der Waals surface area (Å²) in [4.78, 5) is 25.0. The van der Waals surface area contributed by atoms with E-state index >= 15 is 0 Å². The molecule has 2 atom stereocenters. The van der Waals surface area contributed by atoms with Gasteiger partial charge in [0, 0.05) is 13.1 Å². The first-order valence-corrected chi connectivity index (χ1v) is 7.23. The van der Waals surface area contributed by atoms with E-state index in [4.69, 9.17) is 9.84 Å². The van der Waals surface area contributed by atoms with Gasteiger partial charge in [-0.15, -0.1) is 0 Å². The first kappa shape index (κ1) is 15.4. The molecule has 1 aromatic rings. The number of carboxylic acids is 1. The summed E-state index contributed by atoms with van der Waals surface area (Å²) in [7, 11) is 0. The first-order chi connectivity index (χ1) is 10.0. The number of hydrogen-bond donors (Lipinski definition) is 1. The normalized spacial score (nSPS) is 21.3. The number of hydrogen-bond acceptors (Lipinski definition) is 3. The van der Waals surface area contributed by atoms with Crippen LogP contribution in [0, 0.1) is 11.8 Å². The fraction of sp³-hybridized carbons (Fsp3) is 0.500. The maximum atomic E-state index is 12.2. The number of carbonyl (C=O) groups excluding carboxylic acids is 1. The lowest BCUT2D eigenvalue weighted by Crippen LogP contribution is -2.31. The molecule has 1 aromatic carbocycles. The molecular weight excluding hydrogens is 270 g/mol. The molecule has 0 spiro atoms. The fourth-order valence-corrected chi connectivity index (χ4v) is 2.65. The van der Waals surface area contributed by atoms with Gasteiger partial charge in [-0.05, 0) is 30.5 Å². The van der Waals surface area contributed by atoms with Crippen LogP contribution in [0.4, 0.5) is 0 Å². The Morgan fingerprint density at radius 2 is 1.95 bits per heavy atom. The second kappa shape index (κ2) is 6.61. The number of amides is 1. The second-order valence-corrected chi connectivity index (χ2v) is 5.47. The van der Waals surface area contributed by atoms with E-state index in [1.165, 1.54) is 0 Å². The zero-order valence-electron chi connectivity index (χ0n) is 12.4. The molecule has 1 heterocycles. The van der Waals surface area contributed by atoms with Crippen LogP contribution in [0.15, 0.2) is 24.3 Å². The second-order valence-electron chi connectivity index (χ2n) is 5.47. The van der Waals surface area contributed by atoms with E-state index in [0.29, 0.717) is 26.1 Å². The summed E-state index contributed by atoms with van der Waals surface area (Å²) in [5.74, 6) is -0.496. The fourth-order valence-electron chi connectivity index (χ4n) is 2.65. The van der Waals surface area contributed by atoms with Crippen LogP contribution in [-0.4, -0.2) is 41.6 Å². The van der Waals surface area contributed by atoms with Crippen LogP contribution in [0.25, 0.3) is 0 Å². The Balaban J connectivity index is 1.94. The lowest BCUT2D eigenvalue weighted by Gasteiger charge is -2.16. The van der Waals surface area contributed by atoms with E-state index in [0.717, 1.165) is 11.3 Å². The summed E-state index contributed by atoms with van der Waals surface area (Å²) < 4.78 is 5.36. The number of rotatable bonds is 5. The molecule has 0 aromatic heterocycles. The Kier molecular flexibility index (Phi) is 4.83. The van der Waals surface area contributed by atoms with Gasteiger partial charge in [0.15, 0.2) is 0 Å². The minimum absolute atomic E-state index is 0.00628. The largest absolute Gasteiger partial charge is 0.494 e. The molecule has 0 saturated carbocycles. The highest BCUT2D eigenvalue weighted by atomic mass is 16.5. The average Bonchev–Trinajstić information content (AvgIpc) is 2.84. The van der Waals surface area contributed by atoms with Crippen molar-refractivity contribution in [3.8, 4) is 5.75 Å². The topological polar surface area (TPSA) is 66.8 Å². The highest BCUT2D eigenvalue weighted by Crippen LogP contribution is 2.24. The van der Waals surface area contributed by atoms with Crippen LogP contribution < -0.4 is 4.74 Å². The van der Waals surface area contributed by atoms with Crippen molar-refractivity contribution in [2.24, 2.45) is 11.8 Å². The van der Waals surface area contributed by atoms with E-state index in [-0.39, 0.29) is 11.8 Å². The molecule has 5 heteroatoms. The maximum Gasteiger partial charge on any atom is 0.308 e. The Hall–Kier alpha value is -2.04. The molecule has 0 bridgehead atoms. The number of carboxylic acid groups (broad SMARTS) is 1. The van der Waals surface area contributed by atoms with Crippen molar-refractivity contribution < 1.29 is 19.4 Å². The molecule has 1 aliphatic rings. The first-order valence-electron chi connectivity index (χ1n) is 7.23. The number of aliphatic carboxylic acids is 1. The van der Waals surface area contributed by atoms with Crippen molar-refractivity contribution in [2.75, 3.05) is 19.7 Å². The van der Waals surface area contributed by atoms with Gasteiger partial charge < -0.3 is 14.7 Å². The third-order valence-corrected chi connectivity index (χ3v) is 3.87. The van der Waals surface area contributed by atoms with Crippen molar-refractivity contribution in [1.29, 1.82) is 0 Å². The molecule has 1 saturated heterocycles. The number of benzene rings is 1. The molecule has 114 valence electrons. The Morgan fingerprint density at radius 3 is 2.48 bits per heavy atom.